The Kier molecular flexibility index (Phi) is 5.79. The van der Waals surface area contributed by atoms with Gasteiger partial charge in [-0.3, -0.25) is 9.59 Å². The molecule has 0 bridgehead atoms. The molecule has 0 radical (unpaired) electrons. The molecule has 10 nitrogen and oxygen atoms in total. The number of ether oxygens (including phenoxy) is 1. The number of nitrogens with one attached hydrogen (secondary N) is 3. The number of hydrogen-bond acceptors (Lipinski definition) is 8. The Hall–Kier alpha value is -4.44. The number of fused-ring (bicyclic) bond motifs is 1. The lowest BCUT2D eigenvalue weighted by Gasteiger charge is -2.28. The Balaban J connectivity index is 1.47. The lowest BCUT2D eigenvalue weighted by molar-refractivity contribution is 0.100. The smallest absolute Gasteiger partial charge is 0.262 e. The molecule has 10 heteroatoms. The summed E-state index contributed by atoms with van der Waals surface area (Å²) in [5.41, 5.74) is 8.45. The second-order valence-electron chi connectivity index (χ2n) is 7.82. The minimum Gasteiger partial charge on any atom is -0.378 e. The summed E-state index contributed by atoms with van der Waals surface area (Å²) in [4.78, 5) is 37.9. The average Bonchev–Trinajstić information content (AvgIpc) is 2.85. The monoisotopic (exact) mass is 457 g/mol. The zero-order chi connectivity index (χ0) is 23.5. The summed E-state index contributed by atoms with van der Waals surface area (Å²) in [5.74, 6) is 0.297. The molecule has 34 heavy (non-hydrogen) atoms. The number of carbonyl (C=O) groups is 1. The van der Waals surface area contributed by atoms with E-state index in [9.17, 15) is 9.59 Å². The molecule has 2 aromatic carbocycles. The fourth-order valence-electron chi connectivity index (χ4n) is 3.86. The first kappa shape index (κ1) is 21.4. The number of hydrogen-bond donors (Lipinski definition) is 4. The molecule has 1 aliphatic rings. The second kappa shape index (κ2) is 9.20. The number of aromatic nitrogens is 3. The van der Waals surface area contributed by atoms with Crippen LogP contribution in [0.1, 0.15) is 10.4 Å². The van der Waals surface area contributed by atoms with Gasteiger partial charge < -0.3 is 31.0 Å². The number of morpholine rings is 1. The molecule has 0 saturated carbocycles. The van der Waals surface area contributed by atoms with Gasteiger partial charge in [0.2, 0.25) is 5.91 Å². The second-order valence-corrected chi connectivity index (χ2v) is 7.82. The van der Waals surface area contributed by atoms with Crippen molar-refractivity contribution in [2.75, 3.05) is 41.8 Å². The normalized spacial score (nSPS) is 13.6. The predicted molar refractivity (Wildman–Crippen MR) is 131 cm³/mol. The molecule has 0 atom stereocenters. The first-order valence-corrected chi connectivity index (χ1v) is 10.8. The highest BCUT2D eigenvalue weighted by Gasteiger charge is 2.14. The summed E-state index contributed by atoms with van der Waals surface area (Å²) in [6.45, 7) is 3.14. The first-order valence-electron chi connectivity index (χ1n) is 10.8. The van der Waals surface area contributed by atoms with Gasteiger partial charge in [0.1, 0.15) is 17.0 Å². The number of primary amides is 1. The van der Waals surface area contributed by atoms with Gasteiger partial charge in [0.25, 0.3) is 5.56 Å². The van der Waals surface area contributed by atoms with E-state index in [1.807, 2.05) is 24.3 Å². The number of carbonyl (C=O) groups excluding carboxylic acids is 1. The van der Waals surface area contributed by atoms with Crippen LogP contribution >= 0.6 is 0 Å². The lowest BCUT2D eigenvalue weighted by Crippen LogP contribution is -2.36. The van der Waals surface area contributed by atoms with E-state index < -0.39 is 5.91 Å². The number of rotatable bonds is 6. The van der Waals surface area contributed by atoms with Crippen molar-refractivity contribution in [1.82, 2.24) is 15.0 Å². The molecule has 0 unspecified atom stereocenters. The van der Waals surface area contributed by atoms with E-state index in [0.29, 0.717) is 47.0 Å². The maximum atomic E-state index is 12.6. The van der Waals surface area contributed by atoms with Crippen molar-refractivity contribution in [3.63, 3.8) is 0 Å². The van der Waals surface area contributed by atoms with E-state index in [-0.39, 0.29) is 5.56 Å². The van der Waals surface area contributed by atoms with Gasteiger partial charge in [-0.15, -0.1) is 0 Å². The summed E-state index contributed by atoms with van der Waals surface area (Å²) < 4.78 is 5.42. The molecule has 0 aliphatic carbocycles. The minimum atomic E-state index is -0.522. The van der Waals surface area contributed by atoms with Crippen LogP contribution in [0.5, 0.6) is 0 Å². The van der Waals surface area contributed by atoms with Gasteiger partial charge in [-0.25, -0.2) is 9.97 Å². The molecule has 2 aromatic heterocycles. The van der Waals surface area contributed by atoms with Crippen molar-refractivity contribution in [1.29, 1.82) is 0 Å². The van der Waals surface area contributed by atoms with Crippen LogP contribution in [-0.2, 0) is 4.74 Å². The van der Waals surface area contributed by atoms with Gasteiger partial charge in [0, 0.05) is 41.8 Å². The van der Waals surface area contributed by atoms with Crippen LogP contribution in [0.3, 0.4) is 0 Å². The van der Waals surface area contributed by atoms with Gasteiger partial charge in [-0.05, 0) is 42.5 Å². The van der Waals surface area contributed by atoms with Crippen LogP contribution in [0, 0.1) is 0 Å². The zero-order valence-electron chi connectivity index (χ0n) is 18.2. The van der Waals surface area contributed by atoms with E-state index >= 15 is 0 Å². The number of H-pyrrole nitrogens is 1. The number of nitrogens with two attached hydrogens (primary N) is 1. The highest BCUT2D eigenvalue weighted by Crippen LogP contribution is 2.27. The third kappa shape index (κ3) is 4.52. The summed E-state index contributed by atoms with van der Waals surface area (Å²) in [5, 5.41) is 6.75. The molecular weight excluding hydrogens is 434 g/mol. The number of anilines is 5. The van der Waals surface area contributed by atoms with Gasteiger partial charge >= 0.3 is 0 Å². The van der Waals surface area contributed by atoms with Crippen molar-refractivity contribution in [3.8, 4) is 0 Å². The summed E-state index contributed by atoms with van der Waals surface area (Å²) in [7, 11) is 0. The van der Waals surface area contributed by atoms with E-state index in [2.05, 4.69) is 30.5 Å². The van der Waals surface area contributed by atoms with E-state index in [1.165, 1.54) is 6.33 Å². The zero-order valence-corrected chi connectivity index (χ0v) is 18.2. The number of benzene rings is 2. The molecule has 5 N–H and O–H groups in total. The third-order valence-electron chi connectivity index (χ3n) is 5.55. The van der Waals surface area contributed by atoms with Gasteiger partial charge in [0.05, 0.1) is 25.1 Å². The van der Waals surface area contributed by atoms with Gasteiger partial charge in [-0.2, -0.15) is 0 Å². The molecule has 5 rings (SSSR count). The Morgan fingerprint density at radius 1 is 1.03 bits per heavy atom. The van der Waals surface area contributed by atoms with Crippen LogP contribution in [0.15, 0.2) is 65.7 Å². The topological polar surface area (TPSA) is 138 Å². The maximum absolute atomic E-state index is 12.6. The van der Waals surface area contributed by atoms with Crippen molar-refractivity contribution >= 4 is 45.5 Å². The van der Waals surface area contributed by atoms with E-state index in [4.69, 9.17) is 10.5 Å². The summed E-state index contributed by atoms with van der Waals surface area (Å²) in [6, 6.07) is 16.4. The van der Waals surface area contributed by atoms with E-state index in [1.54, 1.807) is 30.3 Å². The van der Waals surface area contributed by atoms with Crippen molar-refractivity contribution in [2.24, 2.45) is 5.73 Å². The summed E-state index contributed by atoms with van der Waals surface area (Å²) >= 11 is 0. The predicted octanol–water partition coefficient (Wildman–Crippen LogP) is 2.74. The molecule has 1 fully saturated rings. The first-order chi connectivity index (χ1) is 16.6. The largest absolute Gasteiger partial charge is 0.378 e. The third-order valence-corrected chi connectivity index (χ3v) is 5.55. The number of aromatic amines is 1. The fraction of sp³-hybridized carbons (Fsp3) is 0.167. The number of amides is 1. The maximum Gasteiger partial charge on any atom is 0.262 e. The van der Waals surface area contributed by atoms with Crippen LogP contribution < -0.4 is 26.8 Å². The van der Waals surface area contributed by atoms with Crippen LogP contribution in [0.4, 0.5) is 28.7 Å². The highest BCUT2D eigenvalue weighted by atomic mass is 16.5. The SMILES string of the molecule is NC(=O)c1cccc(Nc2cc3nc[nH]c(=O)c3c(Nc3ccc(N4CCOCC4)cc3)n2)c1. The number of pyridine rings is 1. The molecule has 1 saturated heterocycles. The molecule has 4 aromatic rings. The number of nitrogens with zero attached hydrogens (tertiary/aromatic N) is 3. The Labute approximate surface area is 194 Å². The van der Waals surface area contributed by atoms with Crippen molar-refractivity contribution in [2.45, 2.75) is 0 Å². The fourth-order valence-corrected chi connectivity index (χ4v) is 3.86. The molecule has 1 amide bonds. The lowest BCUT2D eigenvalue weighted by atomic mass is 10.2. The van der Waals surface area contributed by atoms with Gasteiger partial charge in [-0.1, -0.05) is 6.07 Å². The highest BCUT2D eigenvalue weighted by molar-refractivity contribution is 5.94. The Morgan fingerprint density at radius 2 is 1.82 bits per heavy atom. The standard InChI is InChI=1S/C24H23N7O3/c25-22(32)15-2-1-3-17(12-15)28-20-13-19-21(24(33)27-14-26-19)23(30-20)29-16-4-6-18(7-5-16)31-8-10-34-11-9-31/h1-7,12-14H,8-11H2,(H2,25,32)(H,26,27,33)(H2,28,29,30). The van der Waals surface area contributed by atoms with Crippen molar-refractivity contribution in [3.05, 3.63) is 76.8 Å². The molecule has 172 valence electrons. The van der Waals surface area contributed by atoms with E-state index in [0.717, 1.165) is 24.5 Å². The molecule has 0 spiro atoms. The van der Waals surface area contributed by atoms with Crippen molar-refractivity contribution < 1.29 is 9.53 Å². The molecule has 3 heterocycles. The molecule has 1 aliphatic heterocycles. The quantitative estimate of drug-likeness (QED) is 0.347. The molecular formula is C24H23N7O3. The van der Waals surface area contributed by atoms with Crippen LogP contribution in [0.25, 0.3) is 10.9 Å². The van der Waals surface area contributed by atoms with Gasteiger partial charge in [0.15, 0.2) is 0 Å². The Morgan fingerprint density at radius 3 is 2.59 bits per heavy atom. The summed E-state index contributed by atoms with van der Waals surface area (Å²) in [6.07, 6.45) is 1.35. The Bertz CT molecular complexity index is 1400. The minimum absolute atomic E-state index is 0.299. The van der Waals surface area contributed by atoms with Crippen LogP contribution in [-0.4, -0.2) is 47.2 Å². The van der Waals surface area contributed by atoms with Crippen LogP contribution in [0.2, 0.25) is 0 Å². The average molecular weight is 457 g/mol.